The third-order valence-electron chi connectivity index (χ3n) is 5.46. The van der Waals surface area contributed by atoms with Gasteiger partial charge < -0.3 is 16.0 Å². The van der Waals surface area contributed by atoms with Gasteiger partial charge in [0.05, 0.1) is 0 Å². The monoisotopic (exact) mass is 433 g/mol. The predicted octanol–water partition coefficient (Wildman–Crippen LogP) is 1.67. The van der Waals surface area contributed by atoms with E-state index in [1.807, 2.05) is 24.4 Å². The van der Waals surface area contributed by atoms with Crippen LogP contribution >= 0.6 is 0 Å². The van der Waals surface area contributed by atoms with Crippen LogP contribution in [0.5, 0.6) is 0 Å². The lowest BCUT2D eigenvalue weighted by Crippen LogP contribution is -2.35. The van der Waals surface area contributed by atoms with Crippen LogP contribution < -0.4 is 21.5 Å². The Kier molecular flexibility index (Phi) is 6.74. The van der Waals surface area contributed by atoms with Crippen molar-refractivity contribution in [3.63, 3.8) is 0 Å². The third-order valence-corrected chi connectivity index (χ3v) is 5.46. The molecule has 0 unspecified atom stereocenters. The molecule has 0 aliphatic carbocycles. The van der Waals surface area contributed by atoms with Gasteiger partial charge in [-0.25, -0.2) is 4.98 Å². The zero-order chi connectivity index (χ0) is 22.3. The van der Waals surface area contributed by atoms with Crippen LogP contribution in [0.25, 0.3) is 0 Å². The maximum absolute atomic E-state index is 12.9. The summed E-state index contributed by atoms with van der Waals surface area (Å²) in [5.41, 5.74) is 4.42. The summed E-state index contributed by atoms with van der Waals surface area (Å²) in [6.07, 6.45) is 9.70. The van der Waals surface area contributed by atoms with Gasteiger partial charge in [0.1, 0.15) is 6.54 Å². The average molecular weight is 434 g/mol. The van der Waals surface area contributed by atoms with Crippen molar-refractivity contribution in [3.05, 3.63) is 75.9 Å². The van der Waals surface area contributed by atoms with Crippen molar-refractivity contribution < 1.29 is 4.79 Å². The van der Waals surface area contributed by atoms with Crippen molar-refractivity contribution in [2.24, 2.45) is 0 Å². The fourth-order valence-corrected chi connectivity index (χ4v) is 3.73. The van der Waals surface area contributed by atoms with Crippen LogP contribution in [0.1, 0.15) is 28.9 Å². The summed E-state index contributed by atoms with van der Waals surface area (Å²) in [5, 5.41) is 9.36. The molecule has 4 rings (SSSR count). The second-order valence-corrected chi connectivity index (χ2v) is 7.78. The van der Waals surface area contributed by atoms with Crippen molar-refractivity contribution in [2.45, 2.75) is 39.3 Å². The molecule has 9 heteroatoms. The molecule has 3 aromatic rings. The number of nitrogens with one attached hydrogen (secondary N) is 3. The molecule has 0 bridgehead atoms. The molecule has 1 amide bonds. The molecule has 9 nitrogen and oxygen atoms in total. The molecule has 1 aliphatic rings. The van der Waals surface area contributed by atoms with E-state index in [0.29, 0.717) is 25.2 Å². The van der Waals surface area contributed by atoms with Gasteiger partial charge in [0.25, 0.3) is 5.56 Å². The number of amides is 1. The summed E-state index contributed by atoms with van der Waals surface area (Å²) in [5.74, 6) is -0.0147. The number of hydrogen-bond acceptors (Lipinski definition) is 7. The van der Waals surface area contributed by atoms with Crippen molar-refractivity contribution in [2.75, 3.05) is 23.7 Å². The summed E-state index contributed by atoms with van der Waals surface area (Å²) < 4.78 is 1.43. The Bertz CT molecular complexity index is 1140. The average Bonchev–Trinajstić information content (AvgIpc) is 2.82. The summed E-state index contributed by atoms with van der Waals surface area (Å²) in [6, 6.07) is 5.72. The maximum atomic E-state index is 12.9. The highest BCUT2D eigenvalue weighted by Gasteiger charge is 2.15. The van der Waals surface area contributed by atoms with E-state index in [9.17, 15) is 9.59 Å². The van der Waals surface area contributed by atoms with Crippen LogP contribution in [0.15, 0.2) is 47.8 Å². The van der Waals surface area contributed by atoms with Crippen molar-refractivity contribution in [1.29, 1.82) is 0 Å². The first-order valence-corrected chi connectivity index (χ1v) is 10.8. The number of carbonyl (C=O) groups is 1. The van der Waals surface area contributed by atoms with Crippen LogP contribution in [0, 0.1) is 6.92 Å². The number of fused-ring (bicyclic) bond motifs is 1. The summed E-state index contributed by atoms with van der Waals surface area (Å²) in [4.78, 5) is 38.2. The topological polar surface area (TPSA) is 114 Å². The lowest BCUT2D eigenvalue weighted by atomic mass is 10.0. The number of anilines is 2. The molecule has 0 atom stereocenters. The number of rotatable bonds is 8. The molecule has 3 aromatic heterocycles. The molecule has 0 saturated heterocycles. The second-order valence-electron chi connectivity index (χ2n) is 7.78. The van der Waals surface area contributed by atoms with Crippen LogP contribution in [0.3, 0.4) is 0 Å². The predicted molar refractivity (Wildman–Crippen MR) is 123 cm³/mol. The molecule has 32 heavy (non-hydrogen) atoms. The summed E-state index contributed by atoms with van der Waals surface area (Å²) in [6.45, 7) is 3.49. The number of hydrogen-bond donors (Lipinski definition) is 3. The molecule has 1 aliphatic heterocycles. The normalized spacial score (nSPS) is 12.5. The van der Waals surface area contributed by atoms with E-state index in [2.05, 4.69) is 30.9 Å². The molecular formula is C23H27N7O2. The summed E-state index contributed by atoms with van der Waals surface area (Å²) >= 11 is 0. The number of pyridine rings is 2. The Morgan fingerprint density at radius 2 is 2.12 bits per heavy atom. The lowest BCUT2D eigenvalue weighted by molar-refractivity contribution is -0.121. The molecule has 4 heterocycles. The zero-order valence-electron chi connectivity index (χ0n) is 18.1. The van der Waals surface area contributed by atoms with Crippen molar-refractivity contribution >= 4 is 17.4 Å². The number of nitrogens with zero attached hydrogens (tertiary/aromatic N) is 4. The fourth-order valence-electron chi connectivity index (χ4n) is 3.73. The first kappa shape index (κ1) is 21.5. The Morgan fingerprint density at radius 1 is 1.22 bits per heavy atom. The molecule has 0 fully saturated rings. The van der Waals surface area contributed by atoms with Gasteiger partial charge in [-0.3, -0.25) is 24.1 Å². The molecule has 166 valence electrons. The Labute approximate surface area is 186 Å². The molecule has 0 aromatic carbocycles. The van der Waals surface area contributed by atoms with Crippen LogP contribution in [0.4, 0.5) is 11.5 Å². The zero-order valence-corrected chi connectivity index (χ0v) is 18.1. The largest absolute Gasteiger partial charge is 0.384 e. The van der Waals surface area contributed by atoms with Crippen molar-refractivity contribution in [1.82, 2.24) is 24.8 Å². The number of carbonyl (C=O) groups excluding carboxylic acids is 1. The quantitative estimate of drug-likeness (QED) is 0.495. The minimum absolute atomic E-state index is 0.0714. The van der Waals surface area contributed by atoms with Crippen LogP contribution in [0.2, 0.25) is 0 Å². The minimum Gasteiger partial charge on any atom is -0.384 e. The van der Waals surface area contributed by atoms with Gasteiger partial charge in [-0.05, 0) is 37.5 Å². The van der Waals surface area contributed by atoms with E-state index < -0.39 is 0 Å². The highest BCUT2D eigenvalue weighted by Crippen LogP contribution is 2.24. The standard InChI is InChI=1S/C23H27N7O2/c1-16-11-29-22(27-10-7-19-6-2-3-8-25-19)23(32)30(16)15-20(31)28-14-18-13-24-12-17-5-4-9-26-21(17)18/h2-3,6,8,11-13,26H,4-5,7,9-10,14-15H2,1H3,(H,27,29)(H,28,31). The van der Waals surface area contributed by atoms with E-state index in [1.165, 1.54) is 10.1 Å². The van der Waals surface area contributed by atoms with Gasteiger partial charge in [-0.15, -0.1) is 0 Å². The summed E-state index contributed by atoms with van der Waals surface area (Å²) in [7, 11) is 0. The maximum Gasteiger partial charge on any atom is 0.293 e. The molecule has 0 saturated carbocycles. The fraction of sp³-hybridized carbons (Fsp3) is 0.348. The van der Waals surface area contributed by atoms with Gasteiger partial charge in [0, 0.05) is 73.5 Å². The van der Waals surface area contributed by atoms with E-state index in [1.54, 1.807) is 25.5 Å². The van der Waals surface area contributed by atoms with Gasteiger partial charge in [-0.2, -0.15) is 0 Å². The molecule has 0 spiro atoms. The van der Waals surface area contributed by atoms with E-state index in [4.69, 9.17) is 0 Å². The van der Waals surface area contributed by atoms with E-state index in [-0.39, 0.29) is 23.8 Å². The first-order valence-electron chi connectivity index (χ1n) is 10.8. The SMILES string of the molecule is Cc1cnc(NCCc2ccccn2)c(=O)n1CC(=O)NCc1cncc2c1NCCC2. The molecular weight excluding hydrogens is 406 g/mol. The van der Waals surface area contributed by atoms with Crippen molar-refractivity contribution in [3.8, 4) is 0 Å². The molecule has 3 N–H and O–H groups in total. The smallest absolute Gasteiger partial charge is 0.293 e. The highest BCUT2D eigenvalue weighted by atomic mass is 16.2. The van der Waals surface area contributed by atoms with E-state index >= 15 is 0 Å². The number of aromatic nitrogens is 4. The lowest BCUT2D eigenvalue weighted by Gasteiger charge is -2.21. The Hall–Kier alpha value is -3.75. The van der Waals surface area contributed by atoms with Crippen LogP contribution in [-0.4, -0.2) is 38.5 Å². The number of aryl methyl sites for hydroxylation is 2. The van der Waals surface area contributed by atoms with E-state index in [0.717, 1.165) is 36.3 Å². The Morgan fingerprint density at radius 3 is 2.97 bits per heavy atom. The van der Waals surface area contributed by atoms with Gasteiger partial charge >= 0.3 is 0 Å². The minimum atomic E-state index is -0.318. The van der Waals surface area contributed by atoms with Gasteiger partial charge in [-0.1, -0.05) is 6.07 Å². The Balaban J connectivity index is 1.37. The van der Waals surface area contributed by atoms with Gasteiger partial charge in [0.15, 0.2) is 5.82 Å². The first-order chi connectivity index (χ1) is 15.6. The highest BCUT2D eigenvalue weighted by molar-refractivity contribution is 5.76. The molecule has 0 radical (unpaired) electrons. The third kappa shape index (κ3) is 5.11. The second kappa shape index (κ2) is 10.0. The van der Waals surface area contributed by atoms with Gasteiger partial charge in [0.2, 0.25) is 5.91 Å². The van der Waals surface area contributed by atoms with Crippen LogP contribution in [-0.2, 0) is 30.7 Å².